The Labute approximate surface area is 164 Å². The zero-order valence-corrected chi connectivity index (χ0v) is 16.9. The van der Waals surface area contributed by atoms with Gasteiger partial charge in [-0.2, -0.15) is 5.10 Å². The number of rotatable bonds is 5. The second kappa shape index (κ2) is 7.22. The molecule has 1 amide bonds. The molecule has 136 valence electrons. The Kier molecular flexibility index (Phi) is 5.17. The molecule has 1 aromatic carbocycles. The highest BCUT2D eigenvalue weighted by Crippen LogP contribution is 2.23. The molecule has 0 saturated heterocycles. The van der Waals surface area contributed by atoms with Crippen LogP contribution in [-0.2, 0) is 6.61 Å². The number of benzene rings is 1. The lowest BCUT2D eigenvalue weighted by Crippen LogP contribution is -2.38. The van der Waals surface area contributed by atoms with Gasteiger partial charge in [0.25, 0.3) is 5.91 Å². The minimum Gasteiger partial charge on any atom is -0.489 e. The number of carbonyl (C=O) groups excluding carboxylic acids is 1. The summed E-state index contributed by atoms with van der Waals surface area (Å²) in [5.41, 5.74) is 2.26. The van der Waals surface area contributed by atoms with E-state index < -0.39 is 0 Å². The SMILES string of the molecule is Cc1nn2ccc(OCc3ccccc3F)cc2c1C(=O)NC(C)(C)I. The van der Waals surface area contributed by atoms with E-state index in [1.165, 1.54) is 6.07 Å². The van der Waals surface area contributed by atoms with Gasteiger partial charge in [-0.1, -0.05) is 40.8 Å². The van der Waals surface area contributed by atoms with Gasteiger partial charge in [-0.05, 0) is 32.9 Å². The maximum absolute atomic E-state index is 13.7. The van der Waals surface area contributed by atoms with E-state index in [0.29, 0.717) is 28.1 Å². The molecule has 0 spiro atoms. The van der Waals surface area contributed by atoms with Crippen molar-refractivity contribution >= 4 is 34.0 Å². The molecular formula is C19H19FIN3O2. The van der Waals surface area contributed by atoms with Crippen LogP contribution in [0.2, 0.25) is 0 Å². The van der Waals surface area contributed by atoms with Gasteiger partial charge < -0.3 is 10.1 Å². The second-order valence-corrected chi connectivity index (χ2v) is 9.16. The van der Waals surface area contributed by atoms with Crippen LogP contribution in [-0.4, -0.2) is 19.1 Å². The van der Waals surface area contributed by atoms with Gasteiger partial charge in [-0.3, -0.25) is 4.79 Å². The Hall–Kier alpha value is -2.16. The van der Waals surface area contributed by atoms with Gasteiger partial charge in [0, 0.05) is 17.8 Å². The highest BCUT2D eigenvalue weighted by molar-refractivity contribution is 14.1. The molecule has 0 unspecified atom stereocenters. The fraction of sp³-hybridized carbons (Fsp3) is 0.263. The van der Waals surface area contributed by atoms with E-state index in [0.717, 1.165) is 0 Å². The summed E-state index contributed by atoms with van der Waals surface area (Å²) in [5.74, 6) is 0.0460. The van der Waals surface area contributed by atoms with Crippen molar-refractivity contribution in [2.24, 2.45) is 0 Å². The van der Waals surface area contributed by atoms with Crippen molar-refractivity contribution in [1.82, 2.24) is 14.9 Å². The van der Waals surface area contributed by atoms with E-state index in [2.05, 4.69) is 33.0 Å². The number of nitrogens with one attached hydrogen (secondary N) is 1. The van der Waals surface area contributed by atoms with Crippen LogP contribution in [0.5, 0.6) is 5.75 Å². The summed E-state index contributed by atoms with van der Waals surface area (Å²) >= 11 is 2.16. The van der Waals surface area contributed by atoms with Gasteiger partial charge in [0.15, 0.2) is 0 Å². The van der Waals surface area contributed by atoms with E-state index in [9.17, 15) is 9.18 Å². The fourth-order valence-electron chi connectivity index (χ4n) is 2.62. The van der Waals surface area contributed by atoms with Gasteiger partial charge in [-0.25, -0.2) is 8.91 Å². The number of halogens is 2. The zero-order chi connectivity index (χ0) is 18.9. The van der Waals surface area contributed by atoms with Gasteiger partial charge >= 0.3 is 0 Å². The summed E-state index contributed by atoms with van der Waals surface area (Å²) in [6.07, 6.45) is 1.73. The molecule has 5 nitrogen and oxygen atoms in total. The highest BCUT2D eigenvalue weighted by atomic mass is 127. The lowest BCUT2D eigenvalue weighted by Gasteiger charge is -2.18. The number of ether oxygens (including phenoxy) is 1. The van der Waals surface area contributed by atoms with Crippen molar-refractivity contribution in [3.8, 4) is 5.75 Å². The number of nitrogens with zero attached hydrogens (tertiary/aromatic N) is 2. The smallest absolute Gasteiger partial charge is 0.256 e. The van der Waals surface area contributed by atoms with Crippen molar-refractivity contribution in [3.05, 3.63) is 65.2 Å². The Morgan fingerprint density at radius 2 is 2.08 bits per heavy atom. The minimum absolute atomic E-state index is 0.109. The normalized spacial score (nSPS) is 11.6. The van der Waals surface area contributed by atoms with Crippen molar-refractivity contribution in [1.29, 1.82) is 0 Å². The zero-order valence-electron chi connectivity index (χ0n) is 14.7. The third kappa shape index (κ3) is 4.14. The molecule has 3 aromatic rings. The molecule has 26 heavy (non-hydrogen) atoms. The monoisotopic (exact) mass is 467 g/mol. The standard InChI is InChI=1S/C19H19FIN3O2/c1-12-17(18(25)22-19(2,3)21)16-10-14(8-9-24(16)23-12)26-11-13-6-4-5-7-15(13)20/h4-10H,11H2,1-3H3,(H,22,25). The van der Waals surface area contributed by atoms with E-state index in [4.69, 9.17) is 4.74 Å². The number of fused-ring (bicyclic) bond motifs is 1. The number of pyridine rings is 1. The first-order valence-corrected chi connectivity index (χ1v) is 9.19. The molecule has 0 aliphatic heterocycles. The maximum atomic E-state index is 13.7. The van der Waals surface area contributed by atoms with Crippen LogP contribution in [0.1, 0.15) is 35.5 Å². The van der Waals surface area contributed by atoms with Gasteiger partial charge in [0.05, 0.1) is 20.3 Å². The molecule has 0 bridgehead atoms. The molecule has 0 radical (unpaired) electrons. The number of aromatic nitrogens is 2. The number of alkyl halides is 1. The number of hydrogen-bond acceptors (Lipinski definition) is 3. The quantitative estimate of drug-likeness (QED) is 0.347. The van der Waals surface area contributed by atoms with Crippen LogP contribution in [0.4, 0.5) is 4.39 Å². The lowest BCUT2D eigenvalue weighted by atomic mass is 10.1. The summed E-state index contributed by atoms with van der Waals surface area (Å²) in [5, 5.41) is 7.32. The molecule has 0 aliphatic carbocycles. The topological polar surface area (TPSA) is 55.6 Å². The molecule has 3 rings (SSSR count). The Bertz CT molecular complexity index is 963. The van der Waals surface area contributed by atoms with Crippen LogP contribution in [0.15, 0.2) is 42.6 Å². The van der Waals surface area contributed by atoms with Crippen LogP contribution in [0.25, 0.3) is 5.52 Å². The Morgan fingerprint density at radius 1 is 1.35 bits per heavy atom. The summed E-state index contributed by atoms with van der Waals surface area (Å²) < 4.78 is 20.7. The minimum atomic E-state index is -0.380. The first kappa shape index (κ1) is 18.6. The third-order valence-corrected chi connectivity index (χ3v) is 4.04. The van der Waals surface area contributed by atoms with Crippen molar-refractivity contribution in [3.63, 3.8) is 0 Å². The Balaban J connectivity index is 1.89. The highest BCUT2D eigenvalue weighted by Gasteiger charge is 2.22. The fourth-order valence-corrected chi connectivity index (χ4v) is 2.87. The molecule has 7 heteroatoms. The molecule has 2 heterocycles. The molecule has 0 atom stereocenters. The number of amides is 1. The average Bonchev–Trinajstić information content (AvgIpc) is 2.87. The molecule has 2 aromatic heterocycles. The Morgan fingerprint density at radius 3 is 2.77 bits per heavy atom. The largest absolute Gasteiger partial charge is 0.489 e. The lowest BCUT2D eigenvalue weighted by molar-refractivity contribution is 0.0941. The van der Waals surface area contributed by atoms with Crippen LogP contribution in [0, 0.1) is 12.7 Å². The van der Waals surface area contributed by atoms with Crippen molar-refractivity contribution in [2.75, 3.05) is 0 Å². The maximum Gasteiger partial charge on any atom is 0.256 e. The van der Waals surface area contributed by atoms with E-state index in [1.54, 1.807) is 48.0 Å². The van der Waals surface area contributed by atoms with E-state index in [1.807, 2.05) is 13.8 Å². The van der Waals surface area contributed by atoms with Crippen LogP contribution < -0.4 is 10.1 Å². The molecular weight excluding hydrogens is 448 g/mol. The molecule has 0 fully saturated rings. The first-order valence-electron chi connectivity index (χ1n) is 8.11. The molecule has 1 N–H and O–H groups in total. The van der Waals surface area contributed by atoms with Gasteiger partial charge in [-0.15, -0.1) is 0 Å². The number of carbonyl (C=O) groups is 1. The van der Waals surface area contributed by atoms with Crippen LogP contribution in [0.3, 0.4) is 0 Å². The summed E-state index contributed by atoms with van der Waals surface area (Å²) in [4.78, 5) is 12.6. The van der Waals surface area contributed by atoms with Crippen molar-refractivity contribution < 1.29 is 13.9 Å². The number of aryl methyl sites for hydroxylation is 1. The predicted octanol–water partition coefficient (Wildman–Crippen LogP) is 4.26. The molecule has 0 saturated carbocycles. The van der Waals surface area contributed by atoms with Crippen LogP contribution >= 0.6 is 22.6 Å². The van der Waals surface area contributed by atoms with E-state index in [-0.39, 0.29) is 21.9 Å². The third-order valence-electron chi connectivity index (χ3n) is 3.77. The summed E-state index contributed by atoms with van der Waals surface area (Å²) in [6.45, 7) is 5.73. The first-order chi connectivity index (χ1) is 12.2. The summed E-state index contributed by atoms with van der Waals surface area (Å²) in [6, 6.07) is 9.97. The average molecular weight is 467 g/mol. The summed E-state index contributed by atoms with van der Waals surface area (Å²) in [7, 11) is 0. The van der Waals surface area contributed by atoms with E-state index >= 15 is 0 Å². The van der Waals surface area contributed by atoms with Crippen molar-refractivity contribution in [2.45, 2.75) is 30.9 Å². The number of hydrogen-bond donors (Lipinski definition) is 1. The molecule has 0 aliphatic rings. The van der Waals surface area contributed by atoms with Gasteiger partial charge in [0.2, 0.25) is 0 Å². The predicted molar refractivity (Wildman–Crippen MR) is 106 cm³/mol. The second-order valence-electron chi connectivity index (χ2n) is 6.46. The van der Waals surface area contributed by atoms with Gasteiger partial charge in [0.1, 0.15) is 18.2 Å².